The number of nitrogens with one attached hydrogen (secondary N) is 2. The van der Waals surface area contributed by atoms with Gasteiger partial charge in [-0.3, -0.25) is 9.78 Å². The van der Waals surface area contributed by atoms with E-state index < -0.39 is 77.0 Å². The number of carbonyl (C=O) groups is 4. The number of hydrogen-bond acceptors (Lipinski definition) is 10. The summed E-state index contributed by atoms with van der Waals surface area (Å²) in [6, 6.07) is 9.08. The first-order chi connectivity index (χ1) is 27.8. The second kappa shape index (κ2) is 19.6. The number of halogens is 3. The fourth-order valence-corrected chi connectivity index (χ4v) is 6.64. The summed E-state index contributed by atoms with van der Waals surface area (Å²) in [4.78, 5) is 60.6. The van der Waals surface area contributed by atoms with E-state index in [1.54, 1.807) is 41.5 Å². The first-order valence-corrected chi connectivity index (χ1v) is 19.4. The van der Waals surface area contributed by atoms with E-state index in [1.165, 1.54) is 64.5 Å². The quantitative estimate of drug-likeness (QED) is 0.203. The lowest BCUT2D eigenvalue weighted by atomic mass is 9.84. The van der Waals surface area contributed by atoms with Crippen molar-refractivity contribution in [3.05, 3.63) is 95.1 Å². The summed E-state index contributed by atoms with van der Waals surface area (Å²) < 4.78 is 72.2. The molecule has 0 saturated carbocycles. The van der Waals surface area contributed by atoms with Crippen molar-refractivity contribution in [2.45, 2.75) is 89.8 Å². The maximum Gasteiger partial charge on any atom is 0.410 e. The number of alkyl carbamates (subject to hydrolysis) is 1. The summed E-state index contributed by atoms with van der Waals surface area (Å²) in [5.74, 6) is -3.64. The van der Waals surface area contributed by atoms with Gasteiger partial charge >= 0.3 is 18.3 Å². The van der Waals surface area contributed by atoms with E-state index in [0.717, 1.165) is 6.20 Å². The number of anilines is 1. The second-order valence-electron chi connectivity index (χ2n) is 16.3. The Bertz CT molecular complexity index is 1870. The monoisotopic (exact) mass is 827 g/mol. The highest BCUT2D eigenvalue weighted by Gasteiger charge is 2.37. The third-order valence-corrected chi connectivity index (χ3v) is 9.27. The third-order valence-electron chi connectivity index (χ3n) is 9.27. The van der Waals surface area contributed by atoms with Crippen molar-refractivity contribution in [1.82, 2.24) is 20.1 Å². The molecule has 3 unspecified atom stereocenters. The van der Waals surface area contributed by atoms with Gasteiger partial charge in [-0.05, 0) is 89.8 Å². The molecule has 3 heterocycles. The molecule has 17 heteroatoms. The van der Waals surface area contributed by atoms with Gasteiger partial charge in [-0.1, -0.05) is 24.3 Å². The maximum atomic E-state index is 15.7. The Kier molecular flexibility index (Phi) is 14.8. The molecule has 14 nitrogen and oxygen atoms in total. The molecule has 2 saturated heterocycles. The van der Waals surface area contributed by atoms with Crippen LogP contribution in [0.5, 0.6) is 0 Å². The van der Waals surface area contributed by atoms with Gasteiger partial charge in [0.25, 0.3) is 0 Å². The van der Waals surface area contributed by atoms with Gasteiger partial charge in [-0.2, -0.15) is 0 Å². The second-order valence-corrected chi connectivity index (χ2v) is 16.3. The topological polar surface area (TPSA) is 158 Å². The van der Waals surface area contributed by atoms with Crippen LogP contribution in [0.25, 0.3) is 0 Å². The van der Waals surface area contributed by atoms with Gasteiger partial charge in [0.1, 0.15) is 47.4 Å². The van der Waals surface area contributed by atoms with Gasteiger partial charge in [0.05, 0.1) is 50.5 Å². The Morgan fingerprint density at radius 3 is 1.95 bits per heavy atom. The number of nitrogens with zero attached hydrogens (tertiary/aromatic N) is 3. The number of benzene rings is 2. The average Bonchev–Trinajstić information content (AvgIpc) is 3.16. The summed E-state index contributed by atoms with van der Waals surface area (Å²) in [5, 5.41) is 5.34. The molecule has 2 aromatic carbocycles. The molecule has 2 N–H and O–H groups in total. The van der Waals surface area contributed by atoms with E-state index in [4.69, 9.17) is 23.7 Å². The molecule has 2 aliphatic heterocycles. The van der Waals surface area contributed by atoms with E-state index in [2.05, 4.69) is 15.6 Å². The number of amides is 4. The average molecular weight is 828 g/mol. The van der Waals surface area contributed by atoms with Crippen molar-refractivity contribution in [3.63, 3.8) is 0 Å². The molecule has 0 aliphatic carbocycles. The van der Waals surface area contributed by atoms with Crippen LogP contribution in [-0.2, 0) is 34.9 Å². The van der Waals surface area contributed by atoms with Crippen LogP contribution in [0.2, 0.25) is 0 Å². The molecular weight excluding hydrogens is 775 g/mol. The lowest BCUT2D eigenvalue weighted by Gasteiger charge is -2.38. The van der Waals surface area contributed by atoms with Gasteiger partial charge in [0, 0.05) is 24.6 Å². The summed E-state index contributed by atoms with van der Waals surface area (Å²) in [6.45, 7) is 11.7. The third kappa shape index (κ3) is 13.3. The first kappa shape index (κ1) is 44.7. The van der Waals surface area contributed by atoms with Gasteiger partial charge in [-0.15, -0.1) is 0 Å². The largest absolute Gasteiger partial charge is 0.447 e. The van der Waals surface area contributed by atoms with Crippen molar-refractivity contribution in [3.8, 4) is 0 Å². The molecule has 4 amide bonds. The normalized spacial score (nSPS) is 17.9. The molecule has 5 rings (SSSR count). The van der Waals surface area contributed by atoms with Crippen molar-refractivity contribution in [1.29, 1.82) is 0 Å². The molecule has 1 aromatic heterocycles. The summed E-state index contributed by atoms with van der Waals surface area (Å²) in [6.07, 6.45) is -1.12. The minimum atomic E-state index is -1.46. The van der Waals surface area contributed by atoms with Crippen LogP contribution in [0.3, 0.4) is 0 Å². The lowest BCUT2D eigenvalue weighted by Crippen LogP contribution is -2.53. The number of aromatic nitrogens is 1. The minimum absolute atomic E-state index is 0.0133. The molecule has 59 heavy (non-hydrogen) atoms. The number of morpholine rings is 2. The Morgan fingerprint density at radius 1 is 0.797 bits per heavy atom. The summed E-state index contributed by atoms with van der Waals surface area (Å²) >= 11 is 0. The highest BCUT2D eigenvalue weighted by molar-refractivity contribution is 5.98. The van der Waals surface area contributed by atoms with E-state index in [9.17, 15) is 28.0 Å². The molecule has 0 spiro atoms. The van der Waals surface area contributed by atoms with Crippen LogP contribution in [0.4, 0.5) is 33.2 Å². The molecule has 3 atom stereocenters. The van der Waals surface area contributed by atoms with E-state index in [-0.39, 0.29) is 43.8 Å². The molecule has 3 aromatic rings. The summed E-state index contributed by atoms with van der Waals surface area (Å²) in [5.41, 5.74) is -0.896. The van der Waals surface area contributed by atoms with Crippen molar-refractivity contribution >= 4 is 29.9 Å². The van der Waals surface area contributed by atoms with Crippen molar-refractivity contribution in [2.75, 3.05) is 51.3 Å². The standard InChI is InChI=1S/C42H52F3N5O9/c1-41(2,3)58-38(52)48-36(35(26-7-11-28(43)12-8-26)27-9-13-29(44)14-10-27)37(51)47-34-22-46-21-33(45)32(34)16-15-30-23-50(40(54)59-42(4,5)6)24-31(57-30)25-56-39(53)49-17-19-55-20-18-49/h7-14,21-22,30-31,35-36H,15-20,23-25H2,1-6H3,(H,47,51)(H,48,52). The SMILES string of the molecule is CC(C)(C)OC(=O)NC(C(=O)Nc1cncc(F)c1CCC1CN(C(=O)OC(C)(C)C)CC(COC(=O)N2CCOCC2)O1)C(c1ccc(F)cc1)c1ccc(F)cc1. The van der Waals surface area contributed by atoms with Crippen LogP contribution >= 0.6 is 0 Å². The highest BCUT2D eigenvalue weighted by Crippen LogP contribution is 2.31. The molecule has 0 bridgehead atoms. The zero-order valence-electron chi connectivity index (χ0n) is 34.1. The predicted octanol–water partition coefficient (Wildman–Crippen LogP) is 6.57. The number of pyridine rings is 1. The first-order valence-electron chi connectivity index (χ1n) is 19.4. The number of rotatable bonds is 11. The van der Waals surface area contributed by atoms with E-state index in [1.807, 2.05) is 0 Å². The van der Waals surface area contributed by atoms with Crippen LogP contribution in [0, 0.1) is 17.5 Å². The van der Waals surface area contributed by atoms with Crippen molar-refractivity contribution in [2.24, 2.45) is 0 Å². The Hall–Kier alpha value is -5.42. The number of carbonyl (C=O) groups excluding carboxylic acids is 4. The molecule has 0 radical (unpaired) electrons. The molecule has 2 fully saturated rings. The minimum Gasteiger partial charge on any atom is -0.447 e. The zero-order chi connectivity index (χ0) is 42.9. The lowest BCUT2D eigenvalue weighted by molar-refractivity contribution is -0.118. The Balaban J connectivity index is 1.39. The molecular formula is C42H52F3N5O9. The smallest absolute Gasteiger partial charge is 0.410 e. The number of ether oxygens (including phenoxy) is 5. The molecule has 320 valence electrons. The predicted molar refractivity (Wildman–Crippen MR) is 209 cm³/mol. The number of hydrogen-bond donors (Lipinski definition) is 2. The fourth-order valence-electron chi connectivity index (χ4n) is 6.64. The van der Waals surface area contributed by atoms with Crippen LogP contribution in [-0.4, -0.2) is 114 Å². The van der Waals surface area contributed by atoms with Gasteiger partial charge in [0.2, 0.25) is 5.91 Å². The van der Waals surface area contributed by atoms with Crippen LogP contribution < -0.4 is 10.6 Å². The Morgan fingerprint density at radius 2 is 1.37 bits per heavy atom. The van der Waals surface area contributed by atoms with E-state index >= 15 is 4.39 Å². The molecule has 2 aliphatic rings. The highest BCUT2D eigenvalue weighted by atomic mass is 19.1. The van der Waals surface area contributed by atoms with Crippen LogP contribution in [0.15, 0.2) is 60.9 Å². The van der Waals surface area contributed by atoms with Crippen molar-refractivity contribution < 1.29 is 56.0 Å². The zero-order valence-corrected chi connectivity index (χ0v) is 34.1. The van der Waals surface area contributed by atoms with Gasteiger partial charge in [-0.25, -0.2) is 27.6 Å². The van der Waals surface area contributed by atoms with Crippen LogP contribution in [0.1, 0.15) is 70.6 Å². The van der Waals surface area contributed by atoms with E-state index in [0.29, 0.717) is 37.4 Å². The maximum absolute atomic E-state index is 15.7. The fraction of sp³-hybridized carbons (Fsp3) is 0.500. The Labute approximate surface area is 341 Å². The van der Waals surface area contributed by atoms with Gasteiger partial charge in [0.15, 0.2) is 0 Å². The van der Waals surface area contributed by atoms with Gasteiger partial charge < -0.3 is 44.1 Å². The summed E-state index contributed by atoms with van der Waals surface area (Å²) in [7, 11) is 0.